The number of nitrogens with zero attached hydrogens (tertiary/aromatic N) is 2. The number of benzene rings is 1. The third kappa shape index (κ3) is 2.71. The minimum Gasteiger partial charge on any atom is -0.369 e. The minimum atomic E-state index is -1.28. The van der Waals surface area contributed by atoms with Gasteiger partial charge in [-0.25, -0.2) is 8.78 Å². The Morgan fingerprint density at radius 2 is 2.05 bits per heavy atom. The Hall–Kier alpha value is -2.57. The molecule has 7 heteroatoms. The fourth-order valence-corrected chi connectivity index (χ4v) is 1.75. The highest BCUT2D eigenvalue weighted by molar-refractivity contribution is 5.63. The predicted octanol–water partition coefficient (Wildman–Crippen LogP) is 3.44. The highest BCUT2D eigenvalue weighted by Crippen LogP contribution is 2.31. The van der Waals surface area contributed by atoms with Crippen LogP contribution in [0, 0.1) is 21.7 Å². The fourth-order valence-electron chi connectivity index (χ4n) is 1.75. The molecule has 0 aliphatic carbocycles. The maximum Gasteiger partial charge on any atom is 0.295 e. The monoisotopic (exact) mass is 279 g/mol. The molecule has 1 heterocycles. The van der Waals surface area contributed by atoms with Crippen LogP contribution in [0.3, 0.4) is 0 Å². The first-order valence-electron chi connectivity index (χ1n) is 5.80. The molecule has 2 aromatic rings. The molecule has 0 spiro atoms. The fraction of sp³-hybridized carbons (Fsp3) is 0.154. The van der Waals surface area contributed by atoms with E-state index in [-0.39, 0.29) is 0 Å². The molecule has 5 nitrogen and oxygen atoms in total. The molecular weight excluding hydrogens is 268 g/mol. The summed E-state index contributed by atoms with van der Waals surface area (Å²) in [6.45, 7) is 1.65. The number of hydrogen-bond acceptors (Lipinski definition) is 4. The van der Waals surface area contributed by atoms with Crippen molar-refractivity contribution in [3.8, 4) is 0 Å². The summed E-state index contributed by atoms with van der Waals surface area (Å²) in [6, 6.07) is 6.26. The van der Waals surface area contributed by atoms with Gasteiger partial charge in [-0.1, -0.05) is 6.07 Å². The summed E-state index contributed by atoms with van der Waals surface area (Å²) in [5, 5.41) is 13.5. The molecule has 104 valence electrons. The van der Waals surface area contributed by atoms with Crippen LogP contribution >= 0.6 is 0 Å². The van der Waals surface area contributed by atoms with Gasteiger partial charge >= 0.3 is 0 Å². The molecule has 0 fully saturated rings. The Balaban J connectivity index is 2.38. The van der Waals surface area contributed by atoms with Gasteiger partial charge in [0, 0.05) is 12.3 Å². The lowest BCUT2D eigenvalue weighted by Crippen LogP contribution is -2.12. The Kier molecular flexibility index (Phi) is 3.88. The number of anilines is 1. The molecule has 0 bridgehead atoms. The molecule has 0 saturated heterocycles. The number of nitrogens with one attached hydrogen (secondary N) is 1. The first-order chi connectivity index (χ1) is 9.50. The van der Waals surface area contributed by atoms with E-state index >= 15 is 0 Å². The highest BCUT2D eigenvalue weighted by Gasteiger charge is 2.23. The molecule has 0 aliphatic rings. The zero-order chi connectivity index (χ0) is 14.7. The van der Waals surface area contributed by atoms with Crippen molar-refractivity contribution in [3.05, 3.63) is 64.0 Å². The van der Waals surface area contributed by atoms with Gasteiger partial charge in [0.2, 0.25) is 0 Å². The Labute approximate surface area is 113 Å². The summed E-state index contributed by atoms with van der Waals surface area (Å²) in [7, 11) is 0. The van der Waals surface area contributed by atoms with Crippen LogP contribution in [0.2, 0.25) is 0 Å². The third-order valence-corrected chi connectivity index (χ3v) is 2.76. The van der Waals surface area contributed by atoms with Crippen molar-refractivity contribution in [2.75, 3.05) is 5.32 Å². The van der Waals surface area contributed by atoms with Crippen LogP contribution in [0.5, 0.6) is 0 Å². The first-order valence-corrected chi connectivity index (χ1v) is 5.80. The Morgan fingerprint density at radius 3 is 2.65 bits per heavy atom. The van der Waals surface area contributed by atoms with E-state index in [4.69, 9.17) is 0 Å². The van der Waals surface area contributed by atoms with Crippen molar-refractivity contribution in [1.29, 1.82) is 0 Å². The van der Waals surface area contributed by atoms with Gasteiger partial charge in [0.15, 0.2) is 17.3 Å². The number of aromatic nitrogens is 1. The number of hydrogen-bond donors (Lipinski definition) is 1. The van der Waals surface area contributed by atoms with E-state index in [1.54, 1.807) is 31.3 Å². The number of halogens is 2. The second-order valence-electron chi connectivity index (χ2n) is 4.13. The molecule has 1 unspecified atom stereocenters. The third-order valence-electron chi connectivity index (χ3n) is 2.76. The van der Waals surface area contributed by atoms with E-state index in [1.165, 1.54) is 0 Å². The minimum absolute atomic E-state index is 0.479. The number of nitro benzene ring substituents is 1. The lowest BCUT2D eigenvalue weighted by molar-refractivity contribution is -0.384. The van der Waals surface area contributed by atoms with Crippen molar-refractivity contribution in [2.45, 2.75) is 13.0 Å². The molecule has 0 radical (unpaired) electrons. The largest absolute Gasteiger partial charge is 0.369 e. The summed E-state index contributed by atoms with van der Waals surface area (Å²) in [4.78, 5) is 14.1. The smallest absolute Gasteiger partial charge is 0.295 e. The number of pyridine rings is 1. The summed E-state index contributed by atoms with van der Waals surface area (Å²) >= 11 is 0. The van der Waals surface area contributed by atoms with Gasteiger partial charge in [0.1, 0.15) is 0 Å². The molecule has 0 amide bonds. The average molecular weight is 279 g/mol. The summed E-state index contributed by atoms with van der Waals surface area (Å²) in [5.41, 5.74) is -0.440. The lowest BCUT2D eigenvalue weighted by Gasteiger charge is -2.15. The number of nitro groups is 1. The summed E-state index contributed by atoms with van der Waals surface area (Å²) < 4.78 is 27.0. The first kappa shape index (κ1) is 13.9. The van der Waals surface area contributed by atoms with Crippen LogP contribution in [0.4, 0.5) is 20.2 Å². The van der Waals surface area contributed by atoms with Crippen LogP contribution in [-0.2, 0) is 0 Å². The van der Waals surface area contributed by atoms with E-state index < -0.39 is 34.0 Å². The van der Waals surface area contributed by atoms with E-state index in [0.717, 1.165) is 12.1 Å². The molecular formula is C13H11F2N3O2. The second-order valence-corrected chi connectivity index (χ2v) is 4.13. The van der Waals surface area contributed by atoms with Crippen LogP contribution in [0.1, 0.15) is 18.7 Å². The van der Waals surface area contributed by atoms with Crippen LogP contribution < -0.4 is 5.32 Å². The van der Waals surface area contributed by atoms with E-state index in [0.29, 0.717) is 5.69 Å². The maximum atomic E-state index is 13.7. The molecule has 1 atom stereocenters. The quantitative estimate of drug-likeness (QED) is 0.687. The topological polar surface area (TPSA) is 68.1 Å². The standard InChI is InChI=1S/C13H11F2N3O2/c1-8(10-4-2-3-7-16-10)17-13-11(18(19)20)6-5-9(14)12(13)15/h2-8,17H,1H3. The van der Waals surface area contributed by atoms with E-state index in [1.807, 2.05) is 0 Å². The van der Waals surface area contributed by atoms with Crippen LogP contribution in [0.25, 0.3) is 0 Å². The van der Waals surface area contributed by atoms with Crippen LogP contribution in [-0.4, -0.2) is 9.91 Å². The van der Waals surface area contributed by atoms with Crippen molar-refractivity contribution < 1.29 is 13.7 Å². The lowest BCUT2D eigenvalue weighted by atomic mass is 10.1. The van der Waals surface area contributed by atoms with Gasteiger partial charge < -0.3 is 5.32 Å². The molecule has 0 saturated carbocycles. The van der Waals surface area contributed by atoms with Crippen LogP contribution in [0.15, 0.2) is 36.5 Å². The van der Waals surface area contributed by atoms with E-state index in [9.17, 15) is 18.9 Å². The average Bonchev–Trinajstić information content (AvgIpc) is 2.44. The van der Waals surface area contributed by atoms with Crippen molar-refractivity contribution in [2.24, 2.45) is 0 Å². The van der Waals surface area contributed by atoms with Crippen molar-refractivity contribution >= 4 is 11.4 Å². The van der Waals surface area contributed by atoms with Gasteiger partial charge in [0.25, 0.3) is 5.69 Å². The van der Waals surface area contributed by atoms with Gasteiger partial charge in [-0.2, -0.15) is 0 Å². The van der Waals surface area contributed by atoms with Crippen molar-refractivity contribution in [3.63, 3.8) is 0 Å². The SMILES string of the molecule is CC(Nc1c([N+](=O)[O-])ccc(F)c1F)c1ccccn1. The summed E-state index contributed by atoms with van der Waals surface area (Å²) in [6.07, 6.45) is 1.55. The predicted molar refractivity (Wildman–Crippen MR) is 69.3 cm³/mol. The molecule has 1 aromatic heterocycles. The highest BCUT2D eigenvalue weighted by atomic mass is 19.2. The molecule has 2 rings (SSSR count). The maximum absolute atomic E-state index is 13.7. The Bertz CT molecular complexity index is 635. The zero-order valence-electron chi connectivity index (χ0n) is 10.5. The van der Waals surface area contributed by atoms with Gasteiger partial charge in [-0.15, -0.1) is 0 Å². The molecule has 1 N–H and O–H groups in total. The van der Waals surface area contributed by atoms with Crippen molar-refractivity contribution in [1.82, 2.24) is 4.98 Å². The second kappa shape index (κ2) is 5.60. The van der Waals surface area contributed by atoms with Gasteiger partial charge in [0.05, 0.1) is 16.7 Å². The Morgan fingerprint density at radius 1 is 1.30 bits per heavy atom. The molecule has 1 aromatic carbocycles. The molecule has 20 heavy (non-hydrogen) atoms. The zero-order valence-corrected chi connectivity index (χ0v) is 10.5. The molecule has 0 aliphatic heterocycles. The summed E-state index contributed by atoms with van der Waals surface area (Å²) in [5.74, 6) is -2.42. The normalized spacial score (nSPS) is 11.9. The number of rotatable bonds is 4. The van der Waals surface area contributed by atoms with E-state index in [2.05, 4.69) is 10.3 Å². The van der Waals surface area contributed by atoms with Gasteiger partial charge in [-0.05, 0) is 25.1 Å². The van der Waals surface area contributed by atoms with Gasteiger partial charge in [-0.3, -0.25) is 15.1 Å².